The number of imidazole rings is 1. The fourth-order valence-electron chi connectivity index (χ4n) is 4.96. The Balaban J connectivity index is 1.54. The van der Waals surface area contributed by atoms with Gasteiger partial charge in [0, 0.05) is 44.0 Å². The Morgan fingerprint density at radius 3 is 2.63 bits per heavy atom. The number of aromatic nitrogens is 2. The molecule has 3 aromatic rings. The van der Waals surface area contributed by atoms with Gasteiger partial charge in [0.2, 0.25) is 0 Å². The van der Waals surface area contributed by atoms with Crippen LogP contribution in [0.5, 0.6) is 5.75 Å². The summed E-state index contributed by atoms with van der Waals surface area (Å²) < 4.78 is 55.7. The minimum absolute atomic E-state index is 0.122. The lowest BCUT2D eigenvalue weighted by Gasteiger charge is -2.32. The van der Waals surface area contributed by atoms with Crippen molar-refractivity contribution < 1.29 is 27.8 Å². The molecule has 2 aliphatic rings. The van der Waals surface area contributed by atoms with Gasteiger partial charge in [-0.1, -0.05) is 11.6 Å². The number of halogens is 4. The van der Waals surface area contributed by atoms with Crippen LogP contribution in [-0.2, 0) is 13.0 Å². The van der Waals surface area contributed by atoms with Gasteiger partial charge in [-0.3, -0.25) is 4.90 Å². The fourth-order valence-corrected chi connectivity index (χ4v) is 4.96. The van der Waals surface area contributed by atoms with E-state index in [1.165, 1.54) is 0 Å². The van der Waals surface area contributed by atoms with Gasteiger partial charge < -0.3 is 14.6 Å². The summed E-state index contributed by atoms with van der Waals surface area (Å²) >= 11 is 0. The van der Waals surface area contributed by atoms with E-state index in [1.54, 1.807) is 18.2 Å². The number of alkyl halides is 2. The molecule has 2 N–H and O–H groups in total. The van der Waals surface area contributed by atoms with Crippen molar-refractivity contribution in [2.75, 3.05) is 19.7 Å². The summed E-state index contributed by atoms with van der Waals surface area (Å²) in [5, 5.41) is 19.2. The molecule has 0 spiro atoms. The number of hydrogen-bond acceptors (Lipinski definition) is 4. The summed E-state index contributed by atoms with van der Waals surface area (Å²) in [7, 11) is 0. The zero-order valence-electron chi connectivity index (χ0n) is 18.9. The van der Waals surface area contributed by atoms with Crippen LogP contribution in [0.15, 0.2) is 60.0 Å². The average Bonchev–Trinajstić information content (AvgIpc) is 3.10. The molecule has 3 heterocycles. The van der Waals surface area contributed by atoms with Gasteiger partial charge in [-0.25, -0.2) is 13.8 Å². The standard InChI is InChI=1S/C26H25F4N3O2/c27-25(28)19-11-32(12-19)13-20-14-33-7-6-17(9-23(33)31-20)24-18(10-26(29,30)15-34)3-1-2-16-8-21(35)4-5-22(16)24/h4-9,14,34-35H,1-3,10-13,15H2. The molecular weight excluding hydrogens is 462 g/mol. The molecule has 0 unspecified atom stereocenters. The molecule has 1 aromatic carbocycles. The van der Waals surface area contributed by atoms with Gasteiger partial charge in [-0.15, -0.1) is 0 Å². The van der Waals surface area contributed by atoms with E-state index in [-0.39, 0.29) is 24.4 Å². The Morgan fingerprint density at radius 1 is 1.09 bits per heavy atom. The first-order valence-electron chi connectivity index (χ1n) is 11.5. The summed E-state index contributed by atoms with van der Waals surface area (Å²) in [6.07, 6.45) is 3.21. The van der Waals surface area contributed by atoms with Gasteiger partial charge in [-0.2, -0.15) is 8.78 Å². The fraction of sp³-hybridized carbons (Fsp3) is 0.346. The second-order valence-corrected chi connectivity index (χ2v) is 9.29. The minimum Gasteiger partial charge on any atom is -0.508 e. The number of fused-ring (bicyclic) bond motifs is 2. The lowest BCUT2D eigenvalue weighted by atomic mass is 9.89. The summed E-state index contributed by atoms with van der Waals surface area (Å²) in [6, 6.07) is 8.65. The maximum Gasteiger partial charge on any atom is 0.274 e. The molecule has 0 bridgehead atoms. The molecule has 0 radical (unpaired) electrons. The number of hydrogen-bond donors (Lipinski definition) is 2. The van der Waals surface area contributed by atoms with E-state index < -0.39 is 25.0 Å². The van der Waals surface area contributed by atoms with Gasteiger partial charge in [0.1, 0.15) is 18.0 Å². The first-order chi connectivity index (χ1) is 16.7. The van der Waals surface area contributed by atoms with E-state index >= 15 is 0 Å². The monoisotopic (exact) mass is 487 g/mol. The third-order valence-corrected chi connectivity index (χ3v) is 6.62. The Hall–Kier alpha value is -3.17. The number of pyridine rings is 1. The number of allylic oxidation sites excluding steroid dienone is 1. The van der Waals surface area contributed by atoms with Gasteiger partial charge in [0.25, 0.3) is 12.0 Å². The van der Waals surface area contributed by atoms with Gasteiger partial charge in [0.05, 0.1) is 5.69 Å². The van der Waals surface area contributed by atoms with Gasteiger partial charge in [-0.05, 0) is 65.8 Å². The van der Waals surface area contributed by atoms with E-state index in [2.05, 4.69) is 4.98 Å². The van der Waals surface area contributed by atoms with Crippen LogP contribution in [0, 0.1) is 0 Å². The second-order valence-electron chi connectivity index (χ2n) is 9.29. The summed E-state index contributed by atoms with van der Waals surface area (Å²) in [6.45, 7) is -0.345. The lowest BCUT2D eigenvalue weighted by Crippen LogP contribution is -2.39. The number of likely N-dealkylation sites (tertiary alicyclic amines) is 1. The van der Waals surface area contributed by atoms with E-state index in [9.17, 15) is 27.8 Å². The maximum atomic E-state index is 14.3. The number of aryl methyl sites for hydroxylation is 1. The highest BCUT2D eigenvalue weighted by atomic mass is 19.3. The van der Waals surface area contributed by atoms with Crippen LogP contribution in [0.3, 0.4) is 0 Å². The number of rotatable bonds is 6. The predicted octanol–water partition coefficient (Wildman–Crippen LogP) is 5.16. The maximum absolute atomic E-state index is 14.3. The predicted molar refractivity (Wildman–Crippen MR) is 123 cm³/mol. The number of aliphatic hydroxyl groups is 1. The first-order valence-corrected chi connectivity index (χ1v) is 11.5. The molecule has 5 nitrogen and oxygen atoms in total. The van der Waals surface area contributed by atoms with Crippen molar-refractivity contribution in [2.24, 2.45) is 0 Å². The van der Waals surface area contributed by atoms with E-state index in [0.29, 0.717) is 42.6 Å². The Morgan fingerprint density at radius 2 is 1.89 bits per heavy atom. The molecule has 9 heteroatoms. The molecule has 1 aliphatic carbocycles. The van der Waals surface area contributed by atoms with Crippen LogP contribution in [0.2, 0.25) is 0 Å². The number of phenols is 1. The number of nitrogens with zero attached hydrogens (tertiary/aromatic N) is 3. The van der Waals surface area contributed by atoms with Crippen molar-refractivity contribution in [2.45, 2.75) is 38.2 Å². The van der Waals surface area contributed by atoms with Crippen molar-refractivity contribution in [3.8, 4) is 5.75 Å². The zero-order chi connectivity index (χ0) is 24.7. The Labute approximate surface area is 199 Å². The third-order valence-electron chi connectivity index (χ3n) is 6.62. The summed E-state index contributed by atoms with van der Waals surface area (Å²) in [5.41, 5.74) is 5.12. The molecule has 0 atom stereocenters. The molecule has 1 fully saturated rings. The molecule has 2 aromatic heterocycles. The van der Waals surface area contributed by atoms with E-state index in [0.717, 1.165) is 22.4 Å². The molecule has 5 rings (SSSR count). The summed E-state index contributed by atoms with van der Waals surface area (Å²) in [4.78, 5) is 6.50. The number of aromatic hydroxyl groups is 1. The topological polar surface area (TPSA) is 61.0 Å². The quantitative estimate of drug-likeness (QED) is 0.472. The van der Waals surface area contributed by atoms with Crippen molar-refractivity contribution >= 4 is 11.2 Å². The molecule has 184 valence electrons. The number of aliphatic hydroxyl groups excluding tert-OH is 1. The molecule has 35 heavy (non-hydrogen) atoms. The molecule has 1 saturated heterocycles. The summed E-state index contributed by atoms with van der Waals surface area (Å²) in [5.74, 6) is -3.12. The SMILES string of the molecule is OCC(F)(F)CC1=C(c2ccn3cc(CN4CC(=C(F)F)C4)nc3c2)c2ccc(O)cc2CCC1. The molecule has 0 amide bonds. The van der Waals surface area contributed by atoms with Crippen LogP contribution in [0.1, 0.15) is 41.6 Å². The first kappa shape index (κ1) is 23.6. The smallest absolute Gasteiger partial charge is 0.274 e. The lowest BCUT2D eigenvalue weighted by molar-refractivity contribution is -0.0491. The molecule has 1 aliphatic heterocycles. The number of benzene rings is 1. The van der Waals surface area contributed by atoms with E-state index in [1.807, 2.05) is 33.8 Å². The highest BCUT2D eigenvalue weighted by molar-refractivity contribution is 5.85. The van der Waals surface area contributed by atoms with Crippen molar-refractivity contribution in [1.29, 1.82) is 0 Å². The molecule has 0 saturated carbocycles. The highest BCUT2D eigenvalue weighted by Gasteiger charge is 2.32. The second kappa shape index (κ2) is 9.13. The third kappa shape index (κ3) is 4.83. The van der Waals surface area contributed by atoms with Crippen LogP contribution in [-0.4, -0.2) is 50.1 Å². The van der Waals surface area contributed by atoms with Gasteiger partial charge in [0.15, 0.2) is 0 Å². The molecular formula is C26H25F4N3O2. The van der Waals surface area contributed by atoms with Crippen LogP contribution in [0.4, 0.5) is 17.6 Å². The van der Waals surface area contributed by atoms with Crippen LogP contribution >= 0.6 is 0 Å². The highest BCUT2D eigenvalue weighted by Crippen LogP contribution is 2.40. The largest absolute Gasteiger partial charge is 0.508 e. The van der Waals surface area contributed by atoms with Crippen molar-refractivity contribution in [1.82, 2.24) is 14.3 Å². The average molecular weight is 487 g/mol. The van der Waals surface area contributed by atoms with Crippen molar-refractivity contribution in [3.05, 3.63) is 82.3 Å². The van der Waals surface area contributed by atoms with Crippen LogP contribution in [0.25, 0.3) is 11.2 Å². The Kier molecular flexibility index (Phi) is 6.14. The Bertz CT molecular complexity index is 1330. The van der Waals surface area contributed by atoms with Crippen LogP contribution < -0.4 is 0 Å². The van der Waals surface area contributed by atoms with Crippen molar-refractivity contribution in [3.63, 3.8) is 0 Å². The zero-order valence-corrected chi connectivity index (χ0v) is 18.9. The number of phenolic OH excluding ortho intramolecular Hbond substituents is 1. The van der Waals surface area contributed by atoms with Gasteiger partial charge >= 0.3 is 0 Å². The minimum atomic E-state index is -3.24. The normalized spacial score (nSPS) is 16.9. The van der Waals surface area contributed by atoms with E-state index in [4.69, 9.17) is 0 Å².